The molecule has 1 amide bonds. The fourth-order valence-electron chi connectivity index (χ4n) is 1.36. The largest absolute Gasteiger partial charge is 0.479 e. The van der Waals surface area contributed by atoms with Crippen LogP contribution in [0.25, 0.3) is 0 Å². The number of benzene rings is 1. The van der Waals surface area contributed by atoms with Crippen molar-refractivity contribution in [2.45, 2.75) is 0 Å². The minimum atomic E-state index is -3.87. The summed E-state index contributed by atoms with van der Waals surface area (Å²) in [4.78, 5) is 12.0. The van der Waals surface area contributed by atoms with Gasteiger partial charge in [0, 0.05) is 19.8 Å². The Kier molecular flexibility index (Phi) is 5.76. The summed E-state index contributed by atoms with van der Waals surface area (Å²) in [6.07, 6.45) is 0. The zero-order chi connectivity index (χ0) is 15.2. The number of nitrogens with one attached hydrogen (secondary N) is 1. The van der Waals surface area contributed by atoms with Crippen molar-refractivity contribution >= 4 is 13.5 Å². The van der Waals surface area contributed by atoms with Crippen molar-refractivity contribution in [3.05, 3.63) is 47.3 Å². The standard InChI is InChI=1S/C12H16NO6P/c1-17-12(15)11(20(16,18-2)19-3)13-10(14)9-7-5-4-6-8-9/h4-8,15H,1-3H3,(H,13,14). The molecule has 1 aromatic rings. The van der Waals surface area contributed by atoms with Crippen molar-refractivity contribution in [3.63, 3.8) is 0 Å². The molecule has 2 N–H and O–H groups in total. The van der Waals surface area contributed by atoms with Crippen LogP contribution in [-0.4, -0.2) is 32.3 Å². The number of methoxy groups -OCH3 is 1. The van der Waals surface area contributed by atoms with E-state index in [0.29, 0.717) is 5.56 Å². The molecule has 0 fully saturated rings. The van der Waals surface area contributed by atoms with Gasteiger partial charge in [0.2, 0.25) is 5.44 Å². The number of aliphatic hydroxyl groups excluding tert-OH is 1. The van der Waals surface area contributed by atoms with Gasteiger partial charge in [-0.2, -0.15) is 0 Å². The molecule has 110 valence electrons. The Balaban J connectivity index is 3.11. The molecular weight excluding hydrogens is 285 g/mol. The van der Waals surface area contributed by atoms with Crippen LogP contribution in [0.3, 0.4) is 0 Å². The third-order valence-corrected chi connectivity index (χ3v) is 4.23. The number of hydrogen-bond acceptors (Lipinski definition) is 6. The first-order valence-electron chi connectivity index (χ1n) is 5.54. The molecule has 0 atom stereocenters. The summed E-state index contributed by atoms with van der Waals surface area (Å²) in [7, 11) is -0.459. The molecule has 0 radical (unpaired) electrons. The summed E-state index contributed by atoms with van der Waals surface area (Å²) in [5.74, 6) is -1.33. The highest BCUT2D eigenvalue weighted by Crippen LogP contribution is 2.54. The van der Waals surface area contributed by atoms with E-state index in [9.17, 15) is 14.5 Å². The monoisotopic (exact) mass is 301 g/mol. The van der Waals surface area contributed by atoms with Crippen molar-refractivity contribution in [1.82, 2.24) is 5.32 Å². The Morgan fingerprint density at radius 1 is 1.15 bits per heavy atom. The van der Waals surface area contributed by atoms with Gasteiger partial charge in [0.05, 0.1) is 7.11 Å². The predicted molar refractivity (Wildman–Crippen MR) is 72.2 cm³/mol. The molecule has 0 bridgehead atoms. The molecular formula is C12H16NO6P. The average molecular weight is 301 g/mol. The summed E-state index contributed by atoms with van der Waals surface area (Å²) >= 11 is 0. The first kappa shape index (κ1) is 16.2. The first-order valence-corrected chi connectivity index (χ1v) is 7.08. The zero-order valence-electron chi connectivity index (χ0n) is 11.3. The van der Waals surface area contributed by atoms with Gasteiger partial charge in [0.1, 0.15) is 0 Å². The Labute approximate surface area is 116 Å². The third-order valence-electron chi connectivity index (χ3n) is 2.42. The molecule has 0 saturated carbocycles. The molecule has 0 spiro atoms. The van der Waals surface area contributed by atoms with E-state index < -0.39 is 24.9 Å². The van der Waals surface area contributed by atoms with E-state index in [1.807, 2.05) is 0 Å². The second-order valence-corrected chi connectivity index (χ2v) is 5.71. The molecule has 0 heterocycles. The number of carbonyl (C=O) groups is 1. The summed E-state index contributed by atoms with van der Waals surface area (Å²) in [6.45, 7) is 0. The smallest absolute Gasteiger partial charge is 0.384 e. The lowest BCUT2D eigenvalue weighted by Gasteiger charge is -2.18. The summed E-state index contributed by atoms with van der Waals surface area (Å²) in [5, 5.41) is 11.9. The Hall–Kier alpha value is -1.82. The van der Waals surface area contributed by atoms with E-state index >= 15 is 0 Å². The highest BCUT2D eigenvalue weighted by atomic mass is 31.2. The van der Waals surface area contributed by atoms with Crippen LogP contribution in [0.1, 0.15) is 10.4 Å². The van der Waals surface area contributed by atoms with E-state index in [1.54, 1.807) is 30.3 Å². The summed E-state index contributed by atoms with van der Waals surface area (Å²) < 4.78 is 26.3. The fraction of sp³-hybridized carbons (Fsp3) is 0.250. The van der Waals surface area contributed by atoms with Crippen LogP contribution >= 0.6 is 7.60 Å². The Bertz CT molecular complexity index is 534. The number of rotatable bonds is 6. The van der Waals surface area contributed by atoms with Crippen LogP contribution in [0.2, 0.25) is 0 Å². The van der Waals surface area contributed by atoms with Gasteiger partial charge in [-0.1, -0.05) is 18.2 Å². The van der Waals surface area contributed by atoms with E-state index in [2.05, 4.69) is 10.1 Å². The van der Waals surface area contributed by atoms with Gasteiger partial charge in [-0.3, -0.25) is 9.36 Å². The van der Waals surface area contributed by atoms with E-state index in [4.69, 9.17) is 9.05 Å². The molecule has 8 heteroatoms. The highest BCUT2D eigenvalue weighted by Gasteiger charge is 2.34. The van der Waals surface area contributed by atoms with E-state index in [0.717, 1.165) is 21.3 Å². The molecule has 0 aliphatic carbocycles. The number of amides is 1. The van der Waals surface area contributed by atoms with Gasteiger partial charge in [-0.15, -0.1) is 0 Å². The summed E-state index contributed by atoms with van der Waals surface area (Å²) in [5.41, 5.74) is -0.147. The summed E-state index contributed by atoms with van der Waals surface area (Å²) in [6, 6.07) is 8.19. The zero-order valence-corrected chi connectivity index (χ0v) is 12.2. The van der Waals surface area contributed by atoms with E-state index in [-0.39, 0.29) is 0 Å². The number of ether oxygens (including phenoxy) is 1. The van der Waals surface area contributed by atoms with Crippen LogP contribution < -0.4 is 5.32 Å². The number of aliphatic hydroxyl groups is 1. The Morgan fingerprint density at radius 2 is 1.70 bits per heavy atom. The number of hydrogen-bond donors (Lipinski definition) is 2. The van der Waals surface area contributed by atoms with Gasteiger partial charge >= 0.3 is 13.5 Å². The first-order chi connectivity index (χ1) is 9.48. The van der Waals surface area contributed by atoms with Crippen LogP contribution in [0.15, 0.2) is 41.7 Å². The lowest BCUT2D eigenvalue weighted by Crippen LogP contribution is -2.25. The quantitative estimate of drug-likeness (QED) is 0.618. The van der Waals surface area contributed by atoms with Gasteiger partial charge in [-0.05, 0) is 12.1 Å². The van der Waals surface area contributed by atoms with Crippen molar-refractivity contribution < 1.29 is 28.3 Å². The number of carbonyl (C=O) groups excluding carboxylic acids is 1. The SMILES string of the molecule is COC(O)=C(NC(=O)c1ccccc1)P(=O)(OC)OC. The van der Waals surface area contributed by atoms with Crippen LogP contribution in [0.4, 0.5) is 0 Å². The van der Waals surface area contributed by atoms with Gasteiger partial charge in [0.15, 0.2) is 0 Å². The highest BCUT2D eigenvalue weighted by molar-refractivity contribution is 7.58. The molecule has 20 heavy (non-hydrogen) atoms. The minimum absolute atomic E-state index is 0.313. The average Bonchev–Trinajstić information content (AvgIpc) is 2.51. The van der Waals surface area contributed by atoms with Crippen molar-refractivity contribution in [2.24, 2.45) is 0 Å². The molecule has 0 saturated heterocycles. The van der Waals surface area contributed by atoms with Crippen LogP contribution in [0.5, 0.6) is 0 Å². The molecule has 0 aromatic heterocycles. The molecule has 1 rings (SSSR count). The molecule has 0 aliphatic rings. The van der Waals surface area contributed by atoms with Crippen molar-refractivity contribution in [2.75, 3.05) is 21.3 Å². The second kappa shape index (κ2) is 7.09. The maximum Gasteiger partial charge on any atom is 0.384 e. The minimum Gasteiger partial charge on any atom is -0.479 e. The van der Waals surface area contributed by atoms with Crippen molar-refractivity contribution in [1.29, 1.82) is 0 Å². The predicted octanol–water partition coefficient (Wildman–Crippen LogP) is 2.23. The molecule has 0 unspecified atom stereocenters. The van der Waals surface area contributed by atoms with Crippen LogP contribution in [0, 0.1) is 0 Å². The van der Waals surface area contributed by atoms with Crippen molar-refractivity contribution in [3.8, 4) is 0 Å². The fourth-order valence-corrected chi connectivity index (χ4v) is 2.44. The van der Waals surface area contributed by atoms with Gasteiger partial charge < -0.3 is 24.2 Å². The maximum atomic E-state index is 12.3. The normalized spacial score (nSPS) is 12.6. The molecule has 1 aromatic carbocycles. The molecule has 0 aliphatic heterocycles. The second-order valence-electron chi connectivity index (χ2n) is 3.54. The maximum absolute atomic E-state index is 12.3. The molecule has 7 nitrogen and oxygen atoms in total. The van der Waals surface area contributed by atoms with Gasteiger partial charge in [0.25, 0.3) is 5.91 Å². The van der Waals surface area contributed by atoms with Crippen LogP contribution in [-0.2, 0) is 18.3 Å². The Morgan fingerprint density at radius 3 is 2.15 bits per heavy atom. The van der Waals surface area contributed by atoms with E-state index in [1.165, 1.54) is 0 Å². The lowest BCUT2D eigenvalue weighted by atomic mass is 10.2. The lowest BCUT2D eigenvalue weighted by molar-refractivity contribution is 0.0942. The van der Waals surface area contributed by atoms with Gasteiger partial charge in [-0.25, -0.2) is 0 Å². The third kappa shape index (κ3) is 3.60. The topological polar surface area (TPSA) is 94.1 Å².